The molecule has 19 heavy (non-hydrogen) atoms. The molecule has 100 valence electrons. The van der Waals surface area contributed by atoms with E-state index in [4.69, 9.17) is 0 Å². The minimum absolute atomic E-state index is 0.0845. The molecule has 0 atom stereocenters. The van der Waals surface area contributed by atoms with Gasteiger partial charge < -0.3 is 15.2 Å². The van der Waals surface area contributed by atoms with Crippen LogP contribution in [0.3, 0.4) is 0 Å². The third-order valence-corrected chi connectivity index (χ3v) is 2.94. The van der Waals surface area contributed by atoms with Gasteiger partial charge in [-0.25, -0.2) is 4.98 Å². The summed E-state index contributed by atoms with van der Waals surface area (Å²) in [7, 11) is 1.63. The molecule has 0 aliphatic heterocycles. The number of carbonyl (C=O) groups is 1. The molecule has 0 unspecified atom stereocenters. The highest BCUT2D eigenvalue weighted by molar-refractivity contribution is 5.94. The van der Waals surface area contributed by atoms with Gasteiger partial charge in [0.2, 0.25) is 0 Å². The Morgan fingerprint density at radius 3 is 3.00 bits per heavy atom. The lowest BCUT2D eigenvalue weighted by Gasteiger charge is -2.09. The molecule has 0 saturated carbocycles. The lowest BCUT2D eigenvalue weighted by Crippen LogP contribution is -2.17. The number of rotatable bonds is 5. The van der Waals surface area contributed by atoms with Crippen molar-refractivity contribution in [3.05, 3.63) is 48.0 Å². The van der Waals surface area contributed by atoms with E-state index in [1.807, 2.05) is 24.4 Å². The molecule has 0 fully saturated rings. The second kappa shape index (κ2) is 6.04. The van der Waals surface area contributed by atoms with Crippen LogP contribution in [0.4, 0.5) is 5.69 Å². The van der Waals surface area contributed by atoms with E-state index in [2.05, 4.69) is 27.1 Å². The molecule has 0 aliphatic rings. The van der Waals surface area contributed by atoms with Crippen LogP contribution in [0.1, 0.15) is 23.1 Å². The van der Waals surface area contributed by atoms with Gasteiger partial charge in [-0.3, -0.25) is 4.79 Å². The predicted molar refractivity (Wildman–Crippen MR) is 75.1 cm³/mol. The first-order chi connectivity index (χ1) is 9.24. The van der Waals surface area contributed by atoms with E-state index < -0.39 is 0 Å². The highest BCUT2D eigenvalue weighted by Crippen LogP contribution is 2.12. The molecule has 1 aromatic heterocycles. The molecular weight excluding hydrogens is 240 g/mol. The average Bonchev–Trinajstić information content (AvgIpc) is 2.92. The molecule has 0 spiro atoms. The van der Waals surface area contributed by atoms with E-state index in [0.29, 0.717) is 12.1 Å². The van der Waals surface area contributed by atoms with Crippen molar-refractivity contribution in [1.29, 1.82) is 0 Å². The zero-order valence-electron chi connectivity index (χ0n) is 11.2. The Bertz CT molecular complexity index is 562. The van der Waals surface area contributed by atoms with Crippen LogP contribution in [0.5, 0.6) is 0 Å². The van der Waals surface area contributed by atoms with Crippen molar-refractivity contribution in [2.75, 3.05) is 12.4 Å². The highest BCUT2D eigenvalue weighted by atomic mass is 16.1. The van der Waals surface area contributed by atoms with Crippen molar-refractivity contribution in [3.63, 3.8) is 0 Å². The lowest BCUT2D eigenvalue weighted by molar-refractivity contribution is 0.0963. The van der Waals surface area contributed by atoms with Gasteiger partial charge in [0.25, 0.3) is 5.91 Å². The Morgan fingerprint density at radius 2 is 2.26 bits per heavy atom. The summed E-state index contributed by atoms with van der Waals surface area (Å²) in [5.41, 5.74) is 1.55. The van der Waals surface area contributed by atoms with Crippen molar-refractivity contribution < 1.29 is 4.79 Å². The van der Waals surface area contributed by atoms with E-state index in [-0.39, 0.29) is 5.91 Å². The Labute approximate surface area is 112 Å². The monoisotopic (exact) mass is 258 g/mol. The van der Waals surface area contributed by atoms with Gasteiger partial charge in [-0.15, -0.1) is 0 Å². The number of amides is 1. The van der Waals surface area contributed by atoms with E-state index >= 15 is 0 Å². The molecule has 5 heteroatoms. The van der Waals surface area contributed by atoms with Gasteiger partial charge in [-0.1, -0.05) is 6.07 Å². The van der Waals surface area contributed by atoms with E-state index in [0.717, 1.165) is 18.1 Å². The van der Waals surface area contributed by atoms with Gasteiger partial charge >= 0.3 is 0 Å². The maximum Gasteiger partial charge on any atom is 0.251 e. The second-order valence-electron chi connectivity index (χ2n) is 4.14. The highest BCUT2D eigenvalue weighted by Gasteiger charge is 2.04. The summed E-state index contributed by atoms with van der Waals surface area (Å²) in [6.45, 7) is 3.62. The summed E-state index contributed by atoms with van der Waals surface area (Å²) >= 11 is 0. The van der Waals surface area contributed by atoms with Gasteiger partial charge in [-0.05, 0) is 25.1 Å². The van der Waals surface area contributed by atoms with Crippen LogP contribution in [0.2, 0.25) is 0 Å². The molecule has 1 aromatic carbocycles. The average molecular weight is 258 g/mol. The second-order valence-corrected chi connectivity index (χ2v) is 4.14. The van der Waals surface area contributed by atoms with E-state index in [1.54, 1.807) is 19.3 Å². The zero-order chi connectivity index (χ0) is 13.7. The predicted octanol–water partition coefficient (Wildman–Crippen LogP) is 1.87. The summed E-state index contributed by atoms with van der Waals surface area (Å²) < 4.78 is 2.08. The third-order valence-electron chi connectivity index (χ3n) is 2.94. The number of hydrogen-bond donors (Lipinski definition) is 2. The number of nitrogens with one attached hydrogen (secondary N) is 2. The van der Waals surface area contributed by atoms with Crippen LogP contribution in [-0.4, -0.2) is 22.5 Å². The summed E-state index contributed by atoms with van der Waals surface area (Å²) in [6.07, 6.45) is 3.75. The van der Waals surface area contributed by atoms with Gasteiger partial charge in [0.05, 0.1) is 6.54 Å². The largest absolute Gasteiger partial charge is 0.378 e. The maximum atomic E-state index is 11.5. The fourth-order valence-electron chi connectivity index (χ4n) is 1.89. The number of aromatic nitrogens is 2. The molecule has 5 nitrogen and oxygen atoms in total. The molecule has 0 radical (unpaired) electrons. The molecule has 0 saturated heterocycles. The fourth-order valence-corrected chi connectivity index (χ4v) is 1.89. The smallest absolute Gasteiger partial charge is 0.251 e. The van der Waals surface area contributed by atoms with Crippen molar-refractivity contribution >= 4 is 11.6 Å². The number of anilines is 1. The SMILES string of the molecule is CCn1ccnc1CNc1cccc(C(=O)NC)c1. The van der Waals surface area contributed by atoms with E-state index in [9.17, 15) is 4.79 Å². The summed E-state index contributed by atoms with van der Waals surface area (Å²) in [5, 5.41) is 5.89. The Morgan fingerprint density at radius 1 is 1.42 bits per heavy atom. The van der Waals surface area contributed by atoms with Crippen LogP contribution in [0.25, 0.3) is 0 Å². The molecular formula is C14H18N4O. The normalized spacial score (nSPS) is 10.2. The van der Waals surface area contributed by atoms with E-state index in [1.165, 1.54) is 0 Å². The van der Waals surface area contributed by atoms with Crippen molar-refractivity contribution in [2.45, 2.75) is 20.0 Å². The number of nitrogens with zero attached hydrogens (tertiary/aromatic N) is 2. The van der Waals surface area contributed by atoms with Gasteiger partial charge in [0.15, 0.2) is 0 Å². The van der Waals surface area contributed by atoms with Crippen molar-refractivity contribution in [1.82, 2.24) is 14.9 Å². The first kappa shape index (κ1) is 13.1. The molecule has 2 aromatic rings. The van der Waals surface area contributed by atoms with Crippen LogP contribution in [0, 0.1) is 0 Å². The summed E-state index contributed by atoms with van der Waals surface area (Å²) in [4.78, 5) is 15.8. The molecule has 2 rings (SSSR count). The molecule has 0 aliphatic carbocycles. The minimum Gasteiger partial charge on any atom is -0.378 e. The van der Waals surface area contributed by atoms with Crippen molar-refractivity contribution in [3.8, 4) is 0 Å². The Kier molecular flexibility index (Phi) is 4.18. The van der Waals surface area contributed by atoms with Crippen LogP contribution in [0.15, 0.2) is 36.7 Å². The van der Waals surface area contributed by atoms with Gasteiger partial charge in [-0.2, -0.15) is 0 Å². The first-order valence-electron chi connectivity index (χ1n) is 6.30. The summed E-state index contributed by atoms with van der Waals surface area (Å²) in [6, 6.07) is 7.42. The van der Waals surface area contributed by atoms with Crippen LogP contribution < -0.4 is 10.6 Å². The molecule has 1 heterocycles. The topological polar surface area (TPSA) is 59.0 Å². The standard InChI is InChI=1S/C14H18N4O/c1-3-18-8-7-16-13(18)10-17-12-6-4-5-11(9-12)14(19)15-2/h4-9,17H,3,10H2,1-2H3,(H,15,19). The fraction of sp³-hybridized carbons (Fsp3) is 0.286. The molecule has 1 amide bonds. The number of carbonyl (C=O) groups excluding carboxylic acids is 1. The number of benzene rings is 1. The molecule has 0 bridgehead atoms. The van der Waals surface area contributed by atoms with Gasteiger partial charge in [0, 0.05) is 37.2 Å². The number of imidazole rings is 1. The Hall–Kier alpha value is -2.30. The number of aryl methyl sites for hydroxylation is 1. The maximum absolute atomic E-state index is 11.5. The van der Waals surface area contributed by atoms with Gasteiger partial charge in [0.1, 0.15) is 5.82 Å². The Balaban J connectivity index is 2.05. The molecule has 2 N–H and O–H groups in total. The lowest BCUT2D eigenvalue weighted by atomic mass is 10.2. The quantitative estimate of drug-likeness (QED) is 0.860. The zero-order valence-corrected chi connectivity index (χ0v) is 11.2. The van der Waals surface area contributed by atoms with Crippen LogP contribution in [-0.2, 0) is 13.1 Å². The van der Waals surface area contributed by atoms with Crippen LogP contribution >= 0.6 is 0 Å². The summed E-state index contributed by atoms with van der Waals surface area (Å²) in [5.74, 6) is 0.895. The number of hydrogen-bond acceptors (Lipinski definition) is 3. The third kappa shape index (κ3) is 3.13. The first-order valence-corrected chi connectivity index (χ1v) is 6.30. The minimum atomic E-state index is -0.0845. The van der Waals surface area contributed by atoms with Crippen molar-refractivity contribution in [2.24, 2.45) is 0 Å².